The molecule has 3 rings (SSSR count). The highest BCUT2D eigenvalue weighted by molar-refractivity contribution is 7.15. The Morgan fingerprint density at radius 3 is 2.52 bits per heavy atom. The van der Waals surface area contributed by atoms with Crippen LogP contribution in [-0.2, 0) is 4.79 Å². The second-order valence-electron chi connectivity index (χ2n) is 6.64. The van der Waals surface area contributed by atoms with Gasteiger partial charge in [0.05, 0.1) is 13.0 Å². The molecule has 5 nitrogen and oxygen atoms in total. The fourth-order valence-corrected chi connectivity index (χ4v) is 4.10. The standard InChI is InChI=1S/C21H25N3O2S/c1-5-14(6-2)20-23-24-21(27-20)22-19(25)13(3)15-7-8-17-12-18(26-4)10-9-16(17)11-15/h7-14H,5-6H2,1-4H3,(H,22,24,25). The zero-order valence-corrected chi connectivity index (χ0v) is 17.0. The lowest BCUT2D eigenvalue weighted by Crippen LogP contribution is -2.18. The van der Waals surface area contributed by atoms with Crippen molar-refractivity contribution in [3.63, 3.8) is 0 Å². The summed E-state index contributed by atoms with van der Waals surface area (Å²) in [5.41, 5.74) is 0.967. The predicted octanol–water partition coefficient (Wildman–Crippen LogP) is 5.35. The van der Waals surface area contributed by atoms with E-state index in [-0.39, 0.29) is 11.8 Å². The van der Waals surface area contributed by atoms with Crippen molar-refractivity contribution in [3.05, 3.63) is 47.0 Å². The number of hydrogen-bond acceptors (Lipinski definition) is 5. The lowest BCUT2D eigenvalue weighted by molar-refractivity contribution is -0.117. The molecule has 1 amide bonds. The molecule has 1 atom stereocenters. The van der Waals surface area contributed by atoms with Crippen LogP contribution in [-0.4, -0.2) is 23.2 Å². The second kappa shape index (κ2) is 8.48. The van der Waals surface area contributed by atoms with Gasteiger partial charge in [0.25, 0.3) is 0 Å². The normalized spacial score (nSPS) is 12.3. The van der Waals surface area contributed by atoms with E-state index in [1.165, 1.54) is 11.3 Å². The SMILES string of the molecule is CCC(CC)c1nnc(NC(=O)C(C)c2ccc3cc(OC)ccc3c2)s1. The summed E-state index contributed by atoms with van der Waals surface area (Å²) in [6.07, 6.45) is 2.05. The van der Waals surface area contributed by atoms with Crippen LogP contribution in [0.4, 0.5) is 5.13 Å². The van der Waals surface area contributed by atoms with Crippen molar-refractivity contribution in [1.29, 1.82) is 0 Å². The molecule has 142 valence electrons. The molecule has 0 saturated heterocycles. The Morgan fingerprint density at radius 1 is 1.11 bits per heavy atom. The van der Waals surface area contributed by atoms with Gasteiger partial charge in [0.2, 0.25) is 11.0 Å². The summed E-state index contributed by atoms with van der Waals surface area (Å²) in [5, 5.41) is 15.0. The van der Waals surface area contributed by atoms with Crippen molar-refractivity contribution in [2.75, 3.05) is 12.4 Å². The lowest BCUT2D eigenvalue weighted by atomic mass is 9.97. The van der Waals surface area contributed by atoms with Crippen LogP contribution in [0.3, 0.4) is 0 Å². The maximum atomic E-state index is 12.7. The molecule has 0 fully saturated rings. The molecular formula is C21H25N3O2S. The van der Waals surface area contributed by atoms with E-state index in [1.54, 1.807) is 7.11 Å². The van der Waals surface area contributed by atoms with E-state index in [9.17, 15) is 4.79 Å². The molecule has 1 unspecified atom stereocenters. The number of amides is 1. The number of rotatable bonds is 7. The highest BCUT2D eigenvalue weighted by Gasteiger charge is 2.19. The predicted molar refractivity (Wildman–Crippen MR) is 111 cm³/mol. The van der Waals surface area contributed by atoms with Crippen molar-refractivity contribution in [1.82, 2.24) is 10.2 Å². The van der Waals surface area contributed by atoms with Gasteiger partial charge in [-0.25, -0.2) is 0 Å². The number of ether oxygens (including phenoxy) is 1. The number of nitrogens with zero attached hydrogens (tertiary/aromatic N) is 2. The summed E-state index contributed by atoms with van der Waals surface area (Å²) >= 11 is 1.47. The summed E-state index contributed by atoms with van der Waals surface area (Å²) < 4.78 is 5.26. The van der Waals surface area contributed by atoms with Gasteiger partial charge < -0.3 is 10.1 Å². The first-order valence-corrected chi connectivity index (χ1v) is 10.1. The highest BCUT2D eigenvalue weighted by Crippen LogP contribution is 2.29. The van der Waals surface area contributed by atoms with Crippen LogP contribution in [0.15, 0.2) is 36.4 Å². The van der Waals surface area contributed by atoms with Gasteiger partial charge in [-0.15, -0.1) is 10.2 Å². The van der Waals surface area contributed by atoms with Gasteiger partial charge in [-0.05, 0) is 48.2 Å². The van der Waals surface area contributed by atoms with Gasteiger partial charge in [0.1, 0.15) is 10.8 Å². The molecule has 27 heavy (non-hydrogen) atoms. The molecule has 2 aromatic carbocycles. The van der Waals surface area contributed by atoms with Crippen molar-refractivity contribution >= 4 is 33.1 Å². The zero-order valence-electron chi connectivity index (χ0n) is 16.2. The fourth-order valence-electron chi connectivity index (χ4n) is 3.09. The number of fused-ring (bicyclic) bond motifs is 1. The van der Waals surface area contributed by atoms with Crippen molar-refractivity contribution in [2.45, 2.75) is 45.4 Å². The topological polar surface area (TPSA) is 64.1 Å². The minimum Gasteiger partial charge on any atom is -0.497 e. The number of benzene rings is 2. The number of nitrogens with one attached hydrogen (secondary N) is 1. The van der Waals surface area contributed by atoms with Crippen LogP contribution in [0.2, 0.25) is 0 Å². The number of hydrogen-bond donors (Lipinski definition) is 1. The summed E-state index contributed by atoms with van der Waals surface area (Å²) in [5.74, 6) is 0.876. The van der Waals surface area contributed by atoms with Crippen molar-refractivity contribution < 1.29 is 9.53 Å². The molecule has 0 radical (unpaired) electrons. The van der Waals surface area contributed by atoms with Gasteiger partial charge in [0.15, 0.2) is 0 Å². The first-order chi connectivity index (χ1) is 13.0. The zero-order chi connectivity index (χ0) is 19.4. The molecule has 0 aliphatic heterocycles. The number of aromatic nitrogens is 2. The summed E-state index contributed by atoms with van der Waals surface area (Å²) in [7, 11) is 1.66. The Balaban J connectivity index is 1.74. The minimum absolute atomic E-state index is 0.0740. The van der Waals surface area contributed by atoms with E-state index >= 15 is 0 Å². The molecule has 6 heteroatoms. The molecular weight excluding hydrogens is 358 g/mol. The van der Waals surface area contributed by atoms with Gasteiger partial charge in [0, 0.05) is 5.92 Å². The summed E-state index contributed by atoms with van der Waals surface area (Å²) in [6.45, 7) is 6.19. The van der Waals surface area contributed by atoms with Crippen LogP contribution in [0.5, 0.6) is 5.75 Å². The van der Waals surface area contributed by atoms with Gasteiger partial charge in [-0.2, -0.15) is 0 Å². The molecule has 0 bridgehead atoms. The maximum absolute atomic E-state index is 12.7. The van der Waals surface area contributed by atoms with E-state index < -0.39 is 0 Å². The molecule has 3 aromatic rings. The Morgan fingerprint density at radius 2 is 1.81 bits per heavy atom. The lowest BCUT2D eigenvalue weighted by Gasteiger charge is -2.12. The van der Waals surface area contributed by atoms with E-state index in [1.807, 2.05) is 37.3 Å². The third-order valence-electron chi connectivity index (χ3n) is 4.97. The number of anilines is 1. The molecule has 0 aliphatic rings. The van der Waals surface area contributed by atoms with Crippen LogP contribution in [0.25, 0.3) is 10.8 Å². The third kappa shape index (κ3) is 4.27. The third-order valence-corrected chi connectivity index (χ3v) is 5.97. The molecule has 0 aliphatic carbocycles. The molecule has 0 saturated carbocycles. The van der Waals surface area contributed by atoms with Crippen molar-refractivity contribution in [3.8, 4) is 5.75 Å². The van der Waals surface area contributed by atoms with Gasteiger partial charge in [-0.1, -0.05) is 49.4 Å². The van der Waals surface area contributed by atoms with Crippen LogP contribution in [0.1, 0.15) is 56.0 Å². The van der Waals surface area contributed by atoms with E-state index in [2.05, 4.69) is 35.4 Å². The molecule has 1 N–H and O–H groups in total. The quantitative estimate of drug-likeness (QED) is 0.598. The average molecular weight is 384 g/mol. The van der Waals surface area contributed by atoms with E-state index in [0.717, 1.165) is 39.9 Å². The number of carbonyl (C=O) groups excluding carboxylic acids is 1. The first kappa shape index (κ1) is 19.3. The Bertz CT molecular complexity index is 934. The maximum Gasteiger partial charge on any atom is 0.233 e. The fraction of sp³-hybridized carbons (Fsp3) is 0.381. The Kier molecular flexibility index (Phi) is 6.06. The van der Waals surface area contributed by atoms with Gasteiger partial charge in [-0.3, -0.25) is 4.79 Å². The highest BCUT2D eigenvalue weighted by atomic mass is 32.1. The van der Waals surface area contributed by atoms with E-state index in [4.69, 9.17) is 4.74 Å². The Labute approximate surface area is 163 Å². The van der Waals surface area contributed by atoms with Crippen LogP contribution >= 0.6 is 11.3 Å². The number of methoxy groups -OCH3 is 1. The first-order valence-electron chi connectivity index (χ1n) is 9.27. The summed E-state index contributed by atoms with van der Waals surface area (Å²) in [6, 6.07) is 12.0. The Hall–Kier alpha value is -2.47. The second-order valence-corrected chi connectivity index (χ2v) is 7.65. The summed E-state index contributed by atoms with van der Waals surface area (Å²) in [4.78, 5) is 12.7. The molecule has 1 aromatic heterocycles. The average Bonchev–Trinajstić information content (AvgIpc) is 3.15. The monoisotopic (exact) mass is 383 g/mol. The minimum atomic E-state index is -0.281. The van der Waals surface area contributed by atoms with Gasteiger partial charge >= 0.3 is 0 Å². The smallest absolute Gasteiger partial charge is 0.233 e. The number of carbonyl (C=O) groups is 1. The van der Waals surface area contributed by atoms with Crippen LogP contribution in [0, 0.1) is 0 Å². The molecule has 1 heterocycles. The van der Waals surface area contributed by atoms with E-state index in [0.29, 0.717) is 11.0 Å². The van der Waals surface area contributed by atoms with Crippen LogP contribution < -0.4 is 10.1 Å². The molecule has 0 spiro atoms. The van der Waals surface area contributed by atoms with Crippen molar-refractivity contribution in [2.24, 2.45) is 0 Å². The largest absolute Gasteiger partial charge is 0.497 e.